The summed E-state index contributed by atoms with van der Waals surface area (Å²) >= 11 is 0. The zero-order chi connectivity index (χ0) is 26.6. The maximum absolute atomic E-state index is 15.3. The molecule has 3 aliphatic rings. The van der Waals surface area contributed by atoms with E-state index < -0.39 is 11.4 Å². The van der Waals surface area contributed by atoms with Gasteiger partial charge in [-0.15, -0.1) is 0 Å². The van der Waals surface area contributed by atoms with Gasteiger partial charge in [-0.2, -0.15) is 0 Å². The number of esters is 1. The summed E-state index contributed by atoms with van der Waals surface area (Å²) in [5.74, 6) is -0.672. The monoisotopic (exact) mass is 528 g/mol. The molecule has 1 aliphatic heterocycles. The number of fused-ring (bicyclic) bond motifs is 1. The second-order valence-corrected chi connectivity index (χ2v) is 11.2. The molecule has 2 heterocycles. The van der Waals surface area contributed by atoms with Crippen LogP contribution in [0.3, 0.4) is 0 Å². The van der Waals surface area contributed by atoms with Gasteiger partial charge >= 0.3 is 11.7 Å². The van der Waals surface area contributed by atoms with E-state index in [1.165, 1.54) is 17.1 Å². The van der Waals surface area contributed by atoms with Crippen molar-refractivity contribution in [1.29, 1.82) is 0 Å². The second-order valence-electron chi connectivity index (χ2n) is 11.2. The molecule has 1 saturated heterocycles. The molecule has 0 spiro atoms. The number of aromatic nitrogens is 2. The van der Waals surface area contributed by atoms with Crippen LogP contribution in [0.4, 0.5) is 10.1 Å². The Balaban J connectivity index is 1.41. The summed E-state index contributed by atoms with van der Waals surface area (Å²) in [5, 5.41) is 3.63. The first-order chi connectivity index (χ1) is 18.5. The standard InChI is InChI=1S/C29H41FN4O4/c1-2-38-28(36)20-12-14-32(15-13-20)16-17-33-27(35)23-18-24(30)25(31-21-8-4-3-5-9-21)19-26(23)34(29(33)37)22-10-6-7-11-22/h18-22,31H,2-17H2,1H3. The lowest BCUT2D eigenvalue weighted by atomic mass is 9.95. The van der Waals surface area contributed by atoms with E-state index in [1.54, 1.807) is 10.6 Å². The molecule has 8 nitrogen and oxygen atoms in total. The number of hydrogen-bond acceptors (Lipinski definition) is 6. The molecule has 0 amide bonds. The highest BCUT2D eigenvalue weighted by Gasteiger charge is 2.28. The summed E-state index contributed by atoms with van der Waals surface area (Å²) in [6, 6.07) is 3.26. The maximum Gasteiger partial charge on any atom is 0.331 e. The van der Waals surface area contributed by atoms with E-state index in [-0.39, 0.29) is 41.6 Å². The van der Waals surface area contributed by atoms with Crippen LogP contribution in [-0.2, 0) is 16.1 Å². The van der Waals surface area contributed by atoms with Gasteiger partial charge in [-0.3, -0.25) is 18.7 Å². The van der Waals surface area contributed by atoms with Crippen LogP contribution in [0.5, 0.6) is 0 Å². The maximum atomic E-state index is 15.3. The van der Waals surface area contributed by atoms with Crippen molar-refractivity contribution in [3.8, 4) is 0 Å². The van der Waals surface area contributed by atoms with Crippen molar-refractivity contribution in [2.75, 3.05) is 31.6 Å². The number of anilines is 1. The van der Waals surface area contributed by atoms with Gasteiger partial charge in [0.1, 0.15) is 5.82 Å². The number of nitrogens with one attached hydrogen (secondary N) is 1. The second kappa shape index (κ2) is 12.0. The normalized spacial score (nSPS) is 20.3. The van der Waals surface area contributed by atoms with Crippen molar-refractivity contribution in [3.05, 3.63) is 38.8 Å². The highest BCUT2D eigenvalue weighted by atomic mass is 19.1. The van der Waals surface area contributed by atoms with Gasteiger partial charge < -0.3 is 15.0 Å². The lowest BCUT2D eigenvalue weighted by Gasteiger charge is -2.31. The Morgan fingerprint density at radius 1 is 0.974 bits per heavy atom. The first-order valence-corrected chi connectivity index (χ1v) is 14.6. The molecule has 2 saturated carbocycles. The van der Waals surface area contributed by atoms with Crippen molar-refractivity contribution in [2.24, 2.45) is 5.92 Å². The van der Waals surface area contributed by atoms with Crippen LogP contribution in [0, 0.1) is 11.7 Å². The van der Waals surface area contributed by atoms with Crippen molar-refractivity contribution < 1.29 is 13.9 Å². The molecule has 0 bridgehead atoms. The average molecular weight is 529 g/mol. The third-order valence-electron chi connectivity index (χ3n) is 8.76. The van der Waals surface area contributed by atoms with Crippen molar-refractivity contribution in [3.63, 3.8) is 0 Å². The van der Waals surface area contributed by atoms with Crippen molar-refractivity contribution in [1.82, 2.24) is 14.0 Å². The SMILES string of the molecule is CCOC(=O)C1CCN(CCn2c(=O)c3cc(F)c(NC4CCCCC4)cc3n(C3CCCC3)c2=O)CC1. The fourth-order valence-electron chi connectivity index (χ4n) is 6.58. The van der Waals surface area contributed by atoms with Crippen molar-refractivity contribution in [2.45, 2.75) is 96.2 Å². The third-order valence-corrected chi connectivity index (χ3v) is 8.76. The molecular formula is C29H41FN4O4. The van der Waals surface area contributed by atoms with E-state index in [0.29, 0.717) is 50.3 Å². The van der Waals surface area contributed by atoms with Gasteiger partial charge in [0.05, 0.1) is 29.1 Å². The molecule has 38 heavy (non-hydrogen) atoms. The molecule has 3 fully saturated rings. The fraction of sp³-hybridized carbons (Fsp3) is 0.690. The van der Waals surface area contributed by atoms with Crippen LogP contribution in [0.25, 0.3) is 10.9 Å². The summed E-state index contributed by atoms with van der Waals surface area (Å²) < 4.78 is 23.5. The summed E-state index contributed by atoms with van der Waals surface area (Å²) in [7, 11) is 0. The van der Waals surface area contributed by atoms with Crippen LogP contribution in [0.2, 0.25) is 0 Å². The average Bonchev–Trinajstić information content (AvgIpc) is 3.45. The number of ether oxygens (including phenoxy) is 1. The van der Waals surface area contributed by atoms with Gasteiger partial charge in [0.15, 0.2) is 0 Å². The molecule has 1 aromatic heterocycles. The van der Waals surface area contributed by atoms with Gasteiger partial charge in [0.25, 0.3) is 5.56 Å². The molecule has 5 rings (SSSR count). The van der Waals surface area contributed by atoms with E-state index in [0.717, 1.165) is 51.4 Å². The van der Waals surface area contributed by atoms with Gasteiger partial charge in [-0.25, -0.2) is 9.18 Å². The number of piperidine rings is 1. The summed E-state index contributed by atoms with van der Waals surface area (Å²) in [5.41, 5.74) is 0.199. The molecule has 0 unspecified atom stereocenters. The molecule has 0 atom stereocenters. The molecule has 9 heteroatoms. The molecule has 208 valence electrons. The van der Waals surface area contributed by atoms with Crippen LogP contribution in [0.1, 0.15) is 83.6 Å². The predicted molar refractivity (Wildman–Crippen MR) is 146 cm³/mol. The molecule has 1 aromatic carbocycles. The number of nitrogens with zero attached hydrogens (tertiary/aromatic N) is 3. The number of carbonyl (C=O) groups excluding carboxylic acids is 1. The Labute approximate surface area is 223 Å². The van der Waals surface area contributed by atoms with Gasteiger partial charge in [0.2, 0.25) is 0 Å². The van der Waals surface area contributed by atoms with E-state index >= 15 is 4.39 Å². The van der Waals surface area contributed by atoms with Crippen molar-refractivity contribution >= 4 is 22.6 Å². The van der Waals surface area contributed by atoms with Crippen LogP contribution >= 0.6 is 0 Å². The number of halogens is 1. The Kier molecular flexibility index (Phi) is 8.51. The topological polar surface area (TPSA) is 85.6 Å². The molecular weight excluding hydrogens is 487 g/mol. The highest BCUT2D eigenvalue weighted by molar-refractivity contribution is 5.82. The Morgan fingerprint density at radius 3 is 2.34 bits per heavy atom. The molecule has 1 N–H and O–H groups in total. The molecule has 0 radical (unpaired) electrons. The number of benzene rings is 1. The quantitative estimate of drug-likeness (QED) is 0.510. The highest BCUT2D eigenvalue weighted by Crippen LogP contribution is 2.32. The van der Waals surface area contributed by atoms with Crippen LogP contribution in [-0.4, -0.2) is 52.3 Å². The fourth-order valence-corrected chi connectivity index (χ4v) is 6.58. The largest absolute Gasteiger partial charge is 0.466 e. The minimum Gasteiger partial charge on any atom is -0.466 e. The predicted octanol–water partition coefficient (Wildman–Crippen LogP) is 4.44. The number of rotatable bonds is 8. The third kappa shape index (κ3) is 5.67. The Bertz CT molecular complexity index is 1250. The van der Waals surface area contributed by atoms with Crippen LogP contribution < -0.4 is 16.6 Å². The van der Waals surface area contributed by atoms with Crippen LogP contribution in [0.15, 0.2) is 21.7 Å². The number of hydrogen-bond donors (Lipinski definition) is 1. The summed E-state index contributed by atoms with van der Waals surface area (Å²) in [6.45, 7) is 4.41. The smallest absolute Gasteiger partial charge is 0.331 e. The lowest BCUT2D eigenvalue weighted by molar-refractivity contribution is -0.149. The minimum absolute atomic E-state index is 0.0187. The van der Waals surface area contributed by atoms with E-state index in [2.05, 4.69) is 10.2 Å². The van der Waals surface area contributed by atoms with E-state index in [9.17, 15) is 14.4 Å². The van der Waals surface area contributed by atoms with Gasteiger partial charge in [-0.1, -0.05) is 32.1 Å². The number of carbonyl (C=O) groups is 1. The summed E-state index contributed by atoms with van der Waals surface area (Å²) in [4.78, 5) is 41.6. The molecule has 2 aliphatic carbocycles. The molecule has 2 aromatic rings. The lowest BCUT2D eigenvalue weighted by Crippen LogP contribution is -2.45. The first-order valence-electron chi connectivity index (χ1n) is 14.6. The van der Waals surface area contributed by atoms with E-state index in [4.69, 9.17) is 4.74 Å². The number of likely N-dealkylation sites (tertiary alicyclic amines) is 1. The minimum atomic E-state index is -0.440. The first kappa shape index (κ1) is 26.9. The van der Waals surface area contributed by atoms with E-state index in [1.807, 2.05) is 6.92 Å². The Hall–Kier alpha value is -2.68. The zero-order valence-corrected chi connectivity index (χ0v) is 22.6. The van der Waals surface area contributed by atoms with Gasteiger partial charge in [-0.05, 0) is 70.7 Å². The Morgan fingerprint density at radius 2 is 1.66 bits per heavy atom. The van der Waals surface area contributed by atoms with Gasteiger partial charge in [0, 0.05) is 25.2 Å². The zero-order valence-electron chi connectivity index (χ0n) is 22.6. The summed E-state index contributed by atoms with van der Waals surface area (Å²) in [6.07, 6.45) is 10.8.